The van der Waals surface area contributed by atoms with Crippen molar-refractivity contribution in [2.24, 2.45) is 23.7 Å². The molecule has 1 heterocycles. The van der Waals surface area contributed by atoms with E-state index in [4.69, 9.17) is 19.6 Å². The van der Waals surface area contributed by atoms with Crippen molar-refractivity contribution in [2.45, 2.75) is 37.6 Å². The molecule has 7 unspecified atom stereocenters. The molecule has 5 rings (SSSR count). The average molecular weight is 504 g/mol. The topological polar surface area (TPSA) is 123 Å². The maximum Gasteiger partial charge on any atom is 0.342 e. The van der Waals surface area contributed by atoms with E-state index >= 15 is 0 Å². The smallest absolute Gasteiger partial charge is 0.342 e. The van der Waals surface area contributed by atoms with Gasteiger partial charge in [0.25, 0.3) is 0 Å². The van der Waals surface area contributed by atoms with Crippen molar-refractivity contribution in [1.29, 1.82) is 5.41 Å². The van der Waals surface area contributed by atoms with Crippen molar-refractivity contribution in [2.75, 3.05) is 6.61 Å². The summed E-state index contributed by atoms with van der Waals surface area (Å²) in [6.45, 7) is 5.47. The molecule has 0 bridgehead atoms. The van der Waals surface area contributed by atoms with E-state index < -0.39 is 48.2 Å². The van der Waals surface area contributed by atoms with E-state index in [1.807, 2.05) is 6.92 Å². The molecule has 2 aromatic rings. The van der Waals surface area contributed by atoms with Gasteiger partial charge in [0.15, 0.2) is 0 Å². The Morgan fingerprint density at radius 1 is 1.05 bits per heavy atom. The lowest BCUT2D eigenvalue weighted by Gasteiger charge is -2.34. The third kappa shape index (κ3) is 4.35. The van der Waals surface area contributed by atoms with Crippen molar-refractivity contribution >= 4 is 23.6 Å². The number of rotatable bonds is 5. The molecule has 37 heavy (non-hydrogen) atoms. The molecule has 8 heteroatoms. The van der Waals surface area contributed by atoms with Crippen LogP contribution in [-0.4, -0.2) is 53.1 Å². The van der Waals surface area contributed by atoms with Gasteiger partial charge in [0.1, 0.15) is 18.8 Å². The van der Waals surface area contributed by atoms with Crippen molar-refractivity contribution in [3.05, 3.63) is 83.9 Å². The SMILES string of the molecule is C=C1CC(OC(=O)c2ccccc2)C2C(OC(=O)C2(O)COC(=O)c2ccccc2)C2C(C)C(=N)CC12. The fourth-order valence-electron chi connectivity index (χ4n) is 6.03. The molecule has 2 aromatic carbocycles. The van der Waals surface area contributed by atoms with Gasteiger partial charge in [0.05, 0.1) is 17.0 Å². The van der Waals surface area contributed by atoms with Crippen LogP contribution in [0.15, 0.2) is 72.8 Å². The molecule has 2 saturated carbocycles. The second-order valence-electron chi connectivity index (χ2n) is 10.1. The van der Waals surface area contributed by atoms with Gasteiger partial charge in [-0.15, -0.1) is 0 Å². The highest BCUT2D eigenvalue weighted by Gasteiger charge is 2.66. The summed E-state index contributed by atoms with van der Waals surface area (Å²) in [5, 5.41) is 20.2. The largest absolute Gasteiger partial charge is 0.459 e. The second kappa shape index (κ2) is 9.59. The van der Waals surface area contributed by atoms with Gasteiger partial charge in [-0.1, -0.05) is 55.5 Å². The van der Waals surface area contributed by atoms with Crippen LogP contribution in [0.1, 0.15) is 40.5 Å². The summed E-state index contributed by atoms with van der Waals surface area (Å²) < 4.78 is 17.1. The van der Waals surface area contributed by atoms with Gasteiger partial charge in [0, 0.05) is 24.0 Å². The number of esters is 3. The summed E-state index contributed by atoms with van der Waals surface area (Å²) in [7, 11) is 0. The Balaban J connectivity index is 1.49. The number of carbonyl (C=O) groups is 3. The van der Waals surface area contributed by atoms with Crippen LogP contribution in [0.2, 0.25) is 0 Å². The molecule has 0 amide bonds. The first kappa shape index (κ1) is 24.9. The monoisotopic (exact) mass is 503 g/mol. The first-order chi connectivity index (χ1) is 17.7. The van der Waals surface area contributed by atoms with Gasteiger partial charge < -0.3 is 24.7 Å². The van der Waals surface area contributed by atoms with E-state index in [1.165, 1.54) is 0 Å². The van der Waals surface area contributed by atoms with Crippen LogP contribution in [0.5, 0.6) is 0 Å². The molecule has 1 aliphatic heterocycles. The Morgan fingerprint density at radius 3 is 2.27 bits per heavy atom. The first-order valence-corrected chi connectivity index (χ1v) is 12.4. The fourth-order valence-corrected chi connectivity index (χ4v) is 6.03. The normalized spacial score (nSPS) is 32.6. The van der Waals surface area contributed by atoms with Crippen LogP contribution in [0, 0.1) is 29.1 Å². The van der Waals surface area contributed by atoms with Gasteiger partial charge in [-0.05, 0) is 36.6 Å². The van der Waals surface area contributed by atoms with E-state index in [9.17, 15) is 19.5 Å². The van der Waals surface area contributed by atoms with E-state index in [0.717, 1.165) is 5.57 Å². The first-order valence-electron chi connectivity index (χ1n) is 12.4. The van der Waals surface area contributed by atoms with E-state index in [1.54, 1.807) is 60.7 Å². The van der Waals surface area contributed by atoms with Crippen LogP contribution < -0.4 is 0 Å². The summed E-state index contributed by atoms with van der Waals surface area (Å²) >= 11 is 0. The van der Waals surface area contributed by atoms with Crippen molar-refractivity contribution in [3.63, 3.8) is 0 Å². The third-order valence-electron chi connectivity index (χ3n) is 8.00. The Bertz CT molecular complexity index is 1240. The minimum absolute atomic E-state index is 0.155. The maximum absolute atomic E-state index is 13.2. The predicted octanol–water partition coefficient (Wildman–Crippen LogP) is 3.59. The lowest BCUT2D eigenvalue weighted by Crippen LogP contribution is -2.53. The highest BCUT2D eigenvalue weighted by molar-refractivity contribution is 5.91. The fraction of sp³-hybridized carbons (Fsp3) is 0.379. The lowest BCUT2D eigenvalue weighted by atomic mass is 9.75. The minimum atomic E-state index is -2.24. The molecule has 2 N–H and O–H groups in total. The molecule has 8 nitrogen and oxygen atoms in total. The van der Waals surface area contributed by atoms with Crippen LogP contribution in [0.3, 0.4) is 0 Å². The number of ether oxygens (including phenoxy) is 3. The number of hydrogen-bond donors (Lipinski definition) is 2. The van der Waals surface area contributed by atoms with Crippen LogP contribution in [0.25, 0.3) is 0 Å². The Morgan fingerprint density at radius 2 is 1.65 bits per heavy atom. The van der Waals surface area contributed by atoms with Crippen LogP contribution in [0.4, 0.5) is 0 Å². The average Bonchev–Trinajstić information content (AvgIpc) is 3.30. The molecule has 2 aliphatic carbocycles. The second-order valence-corrected chi connectivity index (χ2v) is 10.1. The summed E-state index contributed by atoms with van der Waals surface area (Å²) in [5.74, 6) is -3.94. The third-order valence-corrected chi connectivity index (χ3v) is 8.00. The highest BCUT2D eigenvalue weighted by atomic mass is 16.6. The van der Waals surface area contributed by atoms with Gasteiger partial charge >= 0.3 is 17.9 Å². The zero-order chi connectivity index (χ0) is 26.3. The molecule has 3 fully saturated rings. The van der Waals surface area contributed by atoms with Crippen LogP contribution in [-0.2, 0) is 19.0 Å². The van der Waals surface area contributed by atoms with Gasteiger partial charge in [0.2, 0.25) is 5.60 Å². The number of fused-ring (bicyclic) bond motifs is 3. The van der Waals surface area contributed by atoms with Crippen molar-refractivity contribution in [3.8, 4) is 0 Å². The Hall–Kier alpha value is -3.78. The summed E-state index contributed by atoms with van der Waals surface area (Å²) in [5.41, 5.74) is -0.339. The van der Waals surface area contributed by atoms with Gasteiger partial charge in [-0.25, -0.2) is 14.4 Å². The van der Waals surface area contributed by atoms with Gasteiger partial charge in [-0.2, -0.15) is 0 Å². The number of nitrogens with one attached hydrogen (secondary N) is 1. The molecular weight excluding hydrogens is 474 g/mol. The molecular formula is C29H29NO7. The zero-order valence-corrected chi connectivity index (χ0v) is 20.5. The molecule has 0 aromatic heterocycles. The maximum atomic E-state index is 13.2. The predicted molar refractivity (Wildman–Crippen MR) is 133 cm³/mol. The Kier molecular flexibility index (Phi) is 6.45. The standard InChI is InChI=1S/C29H29NO7/c1-16-13-22(36-27(32)19-11-7-4-8-12-19)24-25(23-17(2)21(30)14-20(16)23)37-28(33)29(24,34)15-35-26(31)18-9-5-3-6-10-18/h3-12,17,20,22-25,30,34H,1,13-15H2,2H3. The summed E-state index contributed by atoms with van der Waals surface area (Å²) in [6, 6.07) is 16.7. The zero-order valence-electron chi connectivity index (χ0n) is 20.5. The van der Waals surface area contributed by atoms with Crippen LogP contribution >= 0.6 is 0 Å². The van der Waals surface area contributed by atoms with E-state index in [2.05, 4.69) is 6.58 Å². The van der Waals surface area contributed by atoms with E-state index in [0.29, 0.717) is 17.7 Å². The summed E-state index contributed by atoms with van der Waals surface area (Å²) in [4.78, 5) is 38.9. The molecule has 0 spiro atoms. The number of aliphatic hydroxyl groups is 1. The number of carbonyl (C=O) groups excluding carboxylic acids is 3. The number of hydrogen-bond acceptors (Lipinski definition) is 8. The van der Waals surface area contributed by atoms with Gasteiger partial charge in [-0.3, -0.25) is 0 Å². The van der Waals surface area contributed by atoms with E-state index in [-0.39, 0.29) is 29.7 Å². The van der Waals surface area contributed by atoms with Crippen molar-refractivity contribution < 1.29 is 33.7 Å². The molecule has 192 valence electrons. The molecule has 3 aliphatic rings. The lowest BCUT2D eigenvalue weighted by molar-refractivity contribution is -0.161. The van der Waals surface area contributed by atoms with Crippen molar-refractivity contribution in [1.82, 2.24) is 0 Å². The number of benzene rings is 2. The Labute approximate surface area is 214 Å². The minimum Gasteiger partial charge on any atom is -0.459 e. The molecule has 1 saturated heterocycles. The summed E-state index contributed by atoms with van der Waals surface area (Å²) in [6.07, 6.45) is -1.15. The highest BCUT2D eigenvalue weighted by Crippen LogP contribution is 2.53. The molecule has 7 atom stereocenters. The quantitative estimate of drug-likeness (QED) is 0.363. The molecule has 0 radical (unpaired) electrons.